The van der Waals surface area contributed by atoms with Gasteiger partial charge in [-0.05, 0) is 30.3 Å². The molecule has 0 bridgehead atoms. The molecule has 0 radical (unpaired) electrons. The van der Waals surface area contributed by atoms with Gasteiger partial charge in [0.1, 0.15) is 5.76 Å². The summed E-state index contributed by atoms with van der Waals surface area (Å²) >= 11 is 3.37. The molecule has 1 aromatic carbocycles. The van der Waals surface area contributed by atoms with Gasteiger partial charge in [-0.1, -0.05) is 22.9 Å². The smallest absolute Gasteiger partial charge is 0.185 e. The van der Waals surface area contributed by atoms with Crippen molar-refractivity contribution in [3.05, 3.63) is 46.1 Å². The minimum absolute atomic E-state index is 0.0431. The molecule has 0 aliphatic carbocycles. The second kappa shape index (κ2) is 5.31. The summed E-state index contributed by atoms with van der Waals surface area (Å²) in [5.74, 6) is 0.816. The Labute approximate surface area is 113 Å². The van der Waals surface area contributed by atoms with Crippen molar-refractivity contribution in [1.82, 2.24) is 0 Å². The van der Waals surface area contributed by atoms with Crippen molar-refractivity contribution in [3.63, 3.8) is 0 Å². The van der Waals surface area contributed by atoms with E-state index in [1.807, 2.05) is 19.1 Å². The van der Waals surface area contributed by atoms with E-state index in [2.05, 4.69) is 15.9 Å². The van der Waals surface area contributed by atoms with Crippen LogP contribution in [0.4, 0.5) is 0 Å². The standard InChI is InChI=1S/C14H11BrO3/c1-2-13(17)11-5-3-9(15)7-12(11)14-6-4-10(8-16)18-14/h3-8H,2H2,1H3. The van der Waals surface area contributed by atoms with Gasteiger partial charge >= 0.3 is 0 Å². The van der Waals surface area contributed by atoms with E-state index in [4.69, 9.17) is 4.42 Å². The van der Waals surface area contributed by atoms with E-state index in [0.29, 0.717) is 29.6 Å². The molecule has 0 unspecified atom stereocenters. The fourth-order valence-corrected chi connectivity index (χ4v) is 2.08. The van der Waals surface area contributed by atoms with E-state index < -0.39 is 0 Å². The topological polar surface area (TPSA) is 47.3 Å². The highest BCUT2D eigenvalue weighted by atomic mass is 79.9. The Bertz CT molecular complexity index is 599. The third kappa shape index (κ3) is 2.43. The first-order chi connectivity index (χ1) is 8.65. The highest BCUT2D eigenvalue weighted by Gasteiger charge is 2.14. The number of hydrogen-bond donors (Lipinski definition) is 0. The van der Waals surface area contributed by atoms with Crippen molar-refractivity contribution in [2.24, 2.45) is 0 Å². The Hall–Kier alpha value is -1.68. The lowest BCUT2D eigenvalue weighted by molar-refractivity contribution is 0.0988. The molecule has 0 saturated carbocycles. The molecule has 2 rings (SSSR count). The SMILES string of the molecule is CCC(=O)c1ccc(Br)cc1-c1ccc(C=O)o1. The van der Waals surface area contributed by atoms with Gasteiger partial charge in [-0.15, -0.1) is 0 Å². The third-order valence-electron chi connectivity index (χ3n) is 2.61. The van der Waals surface area contributed by atoms with Gasteiger partial charge in [0.25, 0.3) is 0 Å². The number of benzene rings is 1. The molecule has 0 spiro atoms. The second-order valence-corrected chi connectivity index (χ2v) is 4.70. The average Bonchev–Trinajstić information content (AvgIpc) is 2.86. The first-order valence-electron chi connectivity index (χ1n) is 5.54. The summed E-state index contributed by atoms with van der Waals surface area (Å²) in [7, 11) is 0. The second-order valence-electron chi connectivity index (χ2n) is 3.79. The number of Topliss-reactive ketones (excluding diaryl/α,β-unsaturated/α-hetero) is 1. The monoisotopic (exact) mass is 306 g/mol. The lowest BCUT2D eigenvalue weighted by atomic mass is 10.0. The van der Waals surface area contributed by atoms with Crippen LogP contribution in [0.5, 0.6) is 0 Å². The van der Waals surface area contributed by atoms with E-state index in [1.54, 1.807) is 18.2 Å². The van der Waals surface area contributed by atoms with Gasteiger partial charge in [-0.2, -0.15) is 0 Å². The van der Waals surface area contributed by atoms with Crippen LogP contribution in [-0.4, -0.2) is 12.1 Å². The third-order valence-corrected chi connectivity index (χ3v) is 3.10. The van der Waals surface area contributed by atoms with Crippen LogP contribution >= 0.6 is 15.9 Å². The normalized spacial score (nSPS) is 10.3. The molecule has 18 heavy (non-hydrogen) atoms. The summed E-state index contributed by atoms with van der Waals surface area (Å²) in [6, 6.07) is 8.67. The van der Waals surface area contributed by atoms with E-state index in [9.17, 15) is 9.59 Å². The number of furan rings is 1. The van der Waals surface area contributed by atoms with Crippen molar-refractivity contribution >= 4 is 28.0 Å². The van der Waals surface area contributed by atoms with Crippen LogP contribution in [0.3, 0.4) is 0 Å². The molecule has 2 aromatic rings. The molecule has 0 fully saturated rings. The van der Waals surface area contributed by atoms with Gasteiger partial charge in [0.2, 0.25) is 0 Å². The minimum Gasteiger partial charge on any atom is -0.453 e. The molecule has 0 saturated heterocycles. The van der Waals surface area contributed by atoms with Crippen LogP contribution in [0.2, 0.25) is 0 Å². The van der Waals surface area contributed by atoms with Crippen molar-refractivity contribution in [2.75, 3.05) is 0 Å². The van der Waals surface area contributed by atoms with Crippen molar-refractivity contribution < 1.29 is 14.0 Å². The fraction of sp³-hybridized carbons (Fsp3) is 0.143. The molecular formula is C14H11BrO3. The van der Waals surface area contributed by atoms with Gasteiger partial charge in [-0.25, -0.2) is 0 Å². The van der Waals surface area contributed by atoms with Gasteiger partial charge < -0.3 is 4.42 Å². The lowest BCUT2D eigenvalue weighted by Gasteiger charge is -2.06. The molecule has 92 valence electrons. The van der Waals surface area contributed by atoms with Crippen LogP contribution in [0.25, 0.3) is 11.3 Å². The number of ketones is 1. The molecule has 4 heteroatoms. The van der Waals surface area contributed by atoms with Crippen LogP contribution in [-0.2, 0) is 0 Å². The number of carbonyl (C=O) groups is 2. The zero-order chi connectivity index (χ0) is 13.1. The summed E-state index contributed by atoms with van der Waals surface area (Å²) in [4.78, 5) is 22.5. The van der Waals surface area contributed by atoms with Crippen LogP contribution in [0.15, 0.2) is 39.2 Å². The summed E-state index contributed by atoms with van der Waals surface area (Å²) in [6.45, 7) is 1.81. The Morgan fingerprint density at radius 1 is 1.33 bits per heavy atom. The largest absolute Gasteiger partial charge is 0.453 e. The number of aldehydes is 1. The molecule has 0 N–H and O–H groups in total. The van der Waals surface area contributed by atoms with Gasteiger partial charge in [0.05, 0.1) is 0 Å². The first kappa shape index (κ1) is 12.8. The molecular weight excluding hydrogens is 296 g/mol. The maximum Gasteiger partial charge on any atom is 0.185 e. The van der Waals surface area contributed by atoms with Gasteiger partial charge in [-0.3, -0.25) is 9.59 Å². The Kier molecular flexibility index (Phi) is 3.77. The van der Waals surface area contributed by atoms with Crippen molar-refractivity contribution in [3.8, 4) is 11.3 Å². The highest BCUT2D eigenvalue weighted by Crippen LogP contribution is 2.29. The van der Waals surface area contributed by atoms with Gasteiger partial charge in [0.15, 0.2) is 17.8 Å². The van der Waals surface area contributed by atoms with Gasteiger partial charge in [0, 0.05) is 22.0 Å². The predicted molar refractivity (Wildman–Crippen MR) is 71.9 cm³/mol. The molecule has 3 nitrogen and oxygen atoms in total. The molecule has 1 aromatic heterocycles. The summed E-state index contributed by atoms with van der Waals surface area (Å²) < 4.78 is 6.22. The van der Waals surface area contributed by atoms with Crippen LogP contribution in [0.1, 0.15) is 34.3 Å². The Morgan fingerprint density at radius 3 is 2.72 bits per heavy atom. The molecule has 0 amide bonds. The maximum atomic E-state index is 11.9. The van der Waals surface area contributed by atoms with E-state index in [1.165, 1.54) is 0 Å². The Balaban J connectivity index is 2.57. The van der Waals surface area contributed by atoms with Crippen molar-refractivity contribution in [2.45, 2.75) is 13.3 Å². The zero-order valence-corrected chi connectivity index (χ0v) is 11.4. The lowest BCUT2D eigenvalue weighted by Crippen LogP contribution is -1.99. The average molecular weight is 307 g/mol. The minimum atomic E-state index is 0.0431. The quantitative estimate of drug-likeness (QED) is 0.630. The fourth-order valence-electron chi connectivity index (χ4n) is 1.71. The molecule has 0 aliphatic rings. The van der Waals surface area contributed by atoms with E-state index >= 15 is 0 Å². The number of rotatable bonds is 4. The number of carbonyl (C=O) groups excluding carboxylic acids is 2. The summed E-state index contributed by atoms with van der Waals surface area (Å²) in [5, 5.41) is 0. The molecule has 0 atom stereocenters. The molecule has 0 aliphatic heterocycles. The summed E-state index contributed by atoms with van der Waals surface area (Å²) in [5.41, 5.74) is 1.30. The highest BCUT2D eigenvalue weighted by molar-refractivity contribution is 9.10. The predicted octanol–water partition coefficient (Wildman–Crippen LogP) is 4.11. The zero-order valence-electron chi connectivity index (χ0n) is 9.77. The number of halogens is 1. The van der Waals surface area contributed by atoms with E-state index in [-0.39, 0.29) is 11.5 Å². The maximum absolute atomic E-state index is 11.9. The van der Waals surface area contributed by atoms with Crippen molar-refractivity contribution in [1.29, 1.82) is 0 Å². The van der Waals surface area contributed by atoms with Crippen LogP contribution in [0, 0.1) is 0 Å². The first-order valence-corrected chi connectivity index (χ1v) is 6.33. The number of hydrogen-bond acceptors (Lipinski definition) is 3. The molecule has 1 heterocycles. The van der Waals surface area contributed by atoms with E-state index in [0.717, 1.165) is 4.47 Å². The van der Waals surface area contributed by atoms with Crippen LogP contribution < -0.4 is 0 Å². The summed E-state index contributed by atoms with van der Waals surface area (Å²) in [6.07, 6.45) is 1.07. The Morgan fingerprint density at radius 2 is 2.11 bits per heavy atom.